The molecule has 0 saturated heterocycles. The van der Waals surface area contributed by atoms with Gasteiger partial charge in [0.05, 0.1) is 12.2 Å². The van der Waals surface area contributed by atoms with Gasteiger partial charge in [0.1, 0.15) is 0 Å². The maximum atomic E-state index is 7.26. The maximum Gasteiger partial charge on any atom is 0.0616 e. The van der Waals surface area contributed by atoms with Crippen molar-refractivity contribution in [3.8, 4) is 0 Å². The lowest BCUT2D eigenvalue weighted by Gasteiger charge is -2.59. The molecule has 0 aromatic rings. The summed E-state index contributed by atoms with van der Waals surface area (Å²) in [5, 5.41) is 0. The lowest BCUT2D eigenvalue weighted by molar-refractivity contribution is -0.0927. The molecule has 0 radical (unpaired) electrons. The van der Waals surface area contributed by atoms with Crippen LogP contribution in [0.2, 0.25) is 0 Å². The molecular formula is C54H90O. The van der Waals surface area contributed by atoms with Gasteiger partial charge in [-0.25, -0.2) is 0 Å². The summed E-state index contributed by atoms with van der Waals surface area (Å²) in [6.07, 6.45) is 37.7. The first-order chi connectivity index (χ1) is 26.2. The van der Waals surface area contributed by atoms with Gasteiger partial charge in [0.15, 0.2) is 0 Å². The van der Waals surface area contributed by atoms with Crippen LogP contribution in [0.25, 0.3) is 0 Å². The van der Waals surface area contributed by atoms with Crippen LogP contribution in [-0.4, -0.2) is 12.2 Å². The summed E-state index contributed by atoms with van der Waals surface area (Å²) in [7, 11) is 0. The van der Waals surface area contributed by atoms with E-state index in [-0.39, 0.29) is 0 Å². The number of ether oxygens (including phenoxy) is 1. The second-order valence-corrected chi connectivity index (χ2v) is 24.4. The van der Waals surface area contributed by atoms with E-state index in [2.05, 4.69) is 81.4 Å². The van der Waals surface area contributed by atoms with Crippen LogP contribution in [0, 0.1) is 92.7 Å². The molecule has 312 valence electrons. The molecule has 0 aromatic heterocycles. The van der Waals surface area contributed by atoms with Crippen molar-refractivity contribution in [1.82, 2.24) is 0 Å². The smallest absolute Gasteiger partial charge is 0.0616 e. The van der Waals surface area contributed by atoms with Gasteiger partial charge in [0, 0.05) is 0 Å². The Morgan fingerprint density at radius 3 is 1.33 bits per heavy atom. The summed E-state index contributed by atoms with van der Waals surface area (Å²) in [5.41, 5.74) is 5.67. The van der Waals surface area contributed by atoms with Crippen molar-refractivity contribution in [2.75, 3.05) is 0 Å². The molecule has 8 rings (SSSR count). The van der Waals surface area contributed by atoms with Gasteiger partial charge in [0.2, 0.25) is 0 Å². The maximum absolute atomic E-state index is 7.26. The number of fused-ring (bicyclic) bond motifs is 10. The van der Waals surface area contributed by atoms with Crippen molar-refractivity contribution in [2.45, 2.75) is 223 Å². The lowest BCUT2D eigenvalue weighted by Crippen LogP contribution is -2.52. The van der Waals surface area contributed by atoms with Crippen LogP contribution in [0.5, 0.6) is 0 Å². The molecule has 6 fully saturated rings. The van der Waals surface area contributed by atoms with Gasteiger partial charge >= 0.3 is 0 Å². The Labute approximate surface area is 342 Å². The molecule has 2 unspecified atom stereocenters. The molecule has 0 aromatic carbocycles. The third-order valence-corrected chi connectivity index (χ3v) is 20.9. The van der Waals surface area contributed by atoms with Crippen LogP contribution < -0.4 is 0 Å². The van der Waals surface area contributed by atoms with Crippen LogP contribution in [0.1, 0.15) is 210 Å². The molecule has 6 saturated carbocycles. The van der Waals surface area contributed by atoms with Gasteiger partial charge < -0.3 is 4.74 Å². The van der Waals surface area contributed by atoms with Gasteiger partial charge in [-0.3, -0.25) is 0 Å². The molecule has 0 bridgehead atoms. The third kappa shape index (κ3) is 7.27. The minimum Gasteiger partial charge on any atom is -0.374 e. The van der Waals surface area contributed by atoms with Crippen LogP contribution in [0.15, 0.2) is 23.3 Å². The van der Waals surface area contributed by atoms with E-state index >= 15 is 0 Å². The molecule has 8 aliphatic rings. The second kappa shape index (κ2) is 15.8. The Bertz CT molecular complexity index is 1300. The summed E-state index contributed by atoms with van der Waals surface area (Å²) >= 11 is 0. The summed E-state index contributed by atoms with van der Waals surface area (Å²) in [5.74, 6) is 11.1. The van der Waals surface area contributed by atoms with Crippen molar-refractivity contribution in [1.29, 1.82) is 0 Å². The van der Waals surface area contributed by atoms with E-state index in [1.807, 2.05) is 11.1 Å². The van der Waals surface area contributed by atoms with Crippen molar-refractivity contribution < 1.29 is 4.74 Å². The van der Waals surface area contributed by atoms with Crippen molar-refractivity contribution in [3.63, 3.8) is 0 Å². The Morgan fingerprint density at radius 2 is 0.927 bits per heavy atom. The highest BCUT2D eigenvalue weighted by molar-refractivity contribution is 5.27. The Balaban J connectivity index is 0.872. The monoisotopic (exact) mass is 755 g/mol. The fraction of sp³-hybridized carbons (Fsp3) is 0.926. The molecule has 0 aliphatic heterocycles. The highest BCUT2D eigenvalue weighted by atomic mass is 16.5. The number of rotatable bonds is 12. The second-order valence-electron chi connectivity index (χ2n) is 24.4. The SMILES string of the molecule is CC(C)CCC[C@@H](C)[C@H]1CC[C@H]2[C@@H]3CC=C4CC(OC5CC[C@@]6(C)C(=CC[C@H]7[C@@H]8CC[C@H]([C@H](C)CCCC(C)C)[C@@]8(C)CC[C@@H]76)C5)CC[C@]4(C)[C@H]3CC[C@]12C. The molecule has 16 atom stereocenters. The van der Waals surface area contributed by atoms with Crippen molar-refractivity contribution in [3.05, 3.63) is 23.3 Å². The van der Waals surface area contributed by atoms with Gasteiger partial charge in [-0.05, 0) is 195 Å². The van der Waals surface area contributed by atoms with Crippen molar-refractivity contribution in [2.24, 2.45) is 92.7 Å². The van der Waals surface area contributed by atoms with E-state index in [1.54, 1.807) is 0 Å². The molecular weight excluding hydrogens is 665 g/mol. The highest BCUT2D eigenvalue weighted by Gasteiger charge is 2.61. The first-order valence-corrected chi connectivity index (χ1v) is 25.2. The van der Waals surface area contributed by atoms with Crippen molar-refractivity contribution >= 4 is 0 Å². The molecule has 0 heterocycles. The van der Waals surface area contributed by atoms with Crippen LogP contribution in [0.4, 0.5) is 0 Å². The molecule has 8 aliphatic carbocycles. The lowest BCUT2D eigenvalue weighted by atomic mass is 9.46. The van der Waals surface area contributed by atoms with E-state index in [1.165, 1.54) is 141 Å². The molecule has 0 amide bonds. The van der Waals surface area contributed by atoms with Crippen LogP contribution in [-0.2, 0) is 4.74 Å². The van der Waals surface area contributed by atoms with E-state index in [9.17, 15) is 0 Å². The quantitative estimate of drug-likeness (QED) is 0.180. The standard InChI is InChI=1S/C54H90O/c1-35(2)13-11-15-37(5)45-21-23-47-43-19-17-39-33-41(25-29-51(39,7)49(43)27-31-53(45,47)9)55-42-26-30-52(8)40(34-42)18-20-44-48-24-22-46(38(6)16-12-14-36(3)4)54(48,10)32-28-50(44)52/h17-18,35-38,41-50H,11-16,19-34H2,1-10H3/t37-,38-,41?,42?,43+,44+,45-,46-,47+,48+,49+,50+,51+,52+,53-,54-/m1/s1. The Morgan fingerprint density at radius 1 is 0.509 bits per heavy atom. The summed E-state index contributed by atoms with van der Waals surface area (Å²) in [6.45, 7) is 25.9. The zero-order valence-corrected chi connectivity index (χ0v) is 38.2. The van der Waals surface area contributed by atoms with E-state index in [0.717, 1.165) is 71.0 Å². The van der Waals surface area contributed by atoms with Crippen LogP contribution >= 0.6 is 0 Å². The van der Waals surface area contributed by atoms with Crippen LogP contribution in [0.3, 0.4) is 0 Å². The number of hydrogen-bond donors (Lipinski definition) is 0. The normalized spacial score (nSPS) is 47.5. The summed E-state index contributed by atoms with van der Waals surface area (Å²) in [6, 6.07) is 0. The largest absolute Gasteiger partial charge is 0.374 e. The average Bonchev–Trinajstić information content (AvgIpc) is 3.68. The van der Waals surface area contributed by atoms with E-state index in [0.29, 0.717) is 33.9 Å². The molecule has 0 spiro atoms. The van der Waals surface area contributed by atoms with Gasteiger partial charge in [0.25, 0.3) is 0 Å². The fourth-order valence-corrected chi connectivity index (χ4v) is 17.8. The molecule has 1 nitrogen and oxygen atoms in total. The first-order valence-electron chi connectivity index (χ1n) is 25.2. The van der Waals surface area contributed by atoms with E-state index in [4.69, 9.17) is 4.74 Å². The fourth-order valence-electron chi connectivity index (χ4n) is 17.8. The highest BCUT2D eigenvalue weighted by Crippen LogP contribution is 2.69. The number of hydrogen-bond acceptors (Lipinski definition) is 1. The Hall–Kier alpha value is -0.560. The Kier molecular flexibility index (Phi) is 11.8. The summed E-state index contributed by atoms with van der Waals surface area (Å²) < 4.78 is 7.26. The number of allylic oxidation sites excluding steroid dienone is 2. The zero-order valence-electron chi connectivity index (χ0n) is 38.2. The summed E-state index contributed by atoms with van der Waals surface area (Å²) in [4.78, 5) is 0. The molecule has 55 heavy (non-hydrogen) atoms. The molecule has 1 heteroatoms. The topological polar surface area (TPSA) is 9.23 Å². The van der Waals surface area contributed by atoms with Gasteiger partial charge in [-0.15, -0.1) is 0 Å². The predicted molar refractivity (Wildman–Crippen MR) is 235 cm³/mol. The minimum atomic E-state index is 0.428. The molecule has 0 N–H and O–H groups in total. The average molecular weight is 755 g/mol. The zero-order chi connectivity index (χ0) is 38.9. The van der Waals surface area contributed by atoms with E-state index < -0.39 is 0 Å². The predicted octanol–water partition coefficient (Wildman–Crippen LogP) is 15.8. The van der Waals surface area contributed by atoms with Gasteiger partial charge in [-0.1, -0.05) is 131 Å². The third-order valence-electron chi connectivity index (χ3n) is 20.9. The first kappa shape index (κ1) is 41.2. The minimum absolute atomic E-state index is 0.428. The van der Waals surface area contributed by atoms with Gasteiger partial charge in [-0.2, -0.15) is 0 Å².